The number of amides is 3. The number of nitrogens with one attached hydrogen (secondary N) is 3. The number of hydrogen-bond donors (Lipinski definition) is 7. The van der Waals surface area contributed by atoms with Gasteiger partial charge in [0.05, 0.1) is 25.4 Å². The summed E-state index contributed by atoms with van der Waals surface area (Å²) in [6.07, 6.45) is -2.38. The number of ether oxygens (including phenoxy) is 1. The summed E-state index contributed by atoms with van der Waals surface area (Å²) in [4.78, 5) is 49.0. The summed E-state index contributed by atoms with van der Waals surface area (Å²) < 4.78 is 4.68. The second kappa shape index (κ2) is 12.8. The molecule has 7 N–H and O–H groups in total. The van der Waals surface area contributed by atoms with Crippen LogP contribution in [0.2, 0.25) is 0 Å². The molecule has 2 atom stereocenters. The van der Waals surface area contributed by atoms with Gasteiger partial charge in [0.15, 0.2) is 6.61 Å². The molecule has 12 nitrogen and oxygen atoms in total. The summed E-state index contributed by atoms with van der Waals surface area (Å²) >= 11 is 0. The van der Waals surface area contributed by atoms with Crippen molar-refractivity contribution in [1.82, 2.24) is 10.6 Å². The van der Waals surface area contributed by atoms with Gasteiger partial charge in [-0.3, -0.25) is 19.2 Å². The fraction of sp³-hybridized carbons (Fsp3) is 0.524. The van der Waals surface area contributed by atoms with E-state index in [1.165, 1.54) is 6.92 Å². The van der Waals surface area contributed by atoms with Crippen LogP contribution in [0.4, 0.5) is 5.69 Å². The third kappa shape index (κ3) is 7.79. The normalized spacial score (nSPS) is 12.5. The molecule has 3 amide bonds. The molecule has 33 heavy (non-hydrogen) atoms. The second-order valence-corrected chi connectivity index (χ2v) is 7.42. The Morgan fingerprint density at radius 2 is 1.24 bits per heavy atom. The molecule has 0 bridgehead atoms. The summed E-state index contributed by atoms with van der Waals surface area (Å²) in [6, 6.07) is 0. The third-order valence-electron chi connectivity index (χ3n) is 4.79. The number of carbonyl (C=O) groups excluding carboxylic acids is 4. The fourth-order valence-corrected chi connectivity index (χ4v) is 3.16. The second-order valence-electron chi connectivity index (χ2n) is 7.42. The van der Waals surface area contributed by atoms with Crippen LogP contribution in [-0.4, -0.2) is 89.2 Å². The molecule has 2 unspecified atom stereocenters. The number of carbonyl (C=O) groups is 4. The average molecular weight is 469 g/mol. The van der Waals surface area contributed by atoms with Crippen molar-refractivity contribution < 1.29 is 44.3 Å². The van der Waals surface area contributed by atoms with E-state index in [1.54, 1.807) is 13.8 Å². The highest BCUT2D eigenvalue weighted by atomic mass is 16.5. The van der Waals surface area contributed by atoms with Crippen LogP contribution >= 0.6 is 0 Å². The van der Waals surface area contributed by atoms with Crippen molar-refractivity contribution in [2.24, 2.45) is 0 Å². The molecule has 0 saturated heterocycles. The SMILES string of the molecule is CC(=O)OCC(=O)Nc1c(C)c(C(=O)NCC(O)CO)c(C)c(C(=O)NCC(O)CO)c1C. The van der Waals surface area contributed by atoms with E-state index in [0.717, 1.165) is 6.92 Å². The lowest BCUT2D eigenvalue weighted by Crippen LogP contribution is -2.37. The Balaban J connectivity index is 3.47. The van der Waals surface area contributed by atoms with Gasteiger partial charge >= 0.3 is 5.97 Å². The van der Waals surface area contributed by atoms with Crippen LogP contribution < -0.4 is 16.0 Å². The Labute approximate surface area is 190 Å². The van der Waals surface area contributed by atoms with Gasteiger partial charge < -0.3 is 41.1 Å². The van der Waals surface area contributed by atoms with Gasteiger partial charge in [-0.1, -0.05) is 0 Å². The third-order valence-corrected chi connectivity index (χ3v) is 4.79. The molecule has 0 aromatic heterocycles. The maximum atomic E-state index is 12.9. The minimum Gasteiger partial charge on any atom is -0.456 e. The van der Waals surface area contributed by atoms with E-state index in [9.17, 15) is 29.4 Å². The topological polar surface area (TPSA) is 195 Å². The summed E-state index contributed by atoms with van der Waals surface area (Å²) in [7, 11) is 0. The van der Waals surface area contributed by atoms with Gasteiger partial charge in [-0.25, -0.2) is 0 Å². The number of benzene rings is 1. The van der Waals surface area contributed by atoms with E-state index in [0.29, 0.717) is 11.1 Å². The van der Waals surface area contributed by atoms with Crippen molar-refractivity contribution in [3.05, 3.63) is 27.8 Å². The maximum Gasteiger partial charge on any atom is 0.303 e. The lowest BCUT2D eigenvalue weighted by molar-refractivity contribution is -0.144. The molecule has 0 radical (unpaired) electrons. The summed E-state index contributed by atoms with van der Waals surface area (Å²) in [5.74, 6) is -2.66. The average Bonchev–Trinajstić information content (AvgIpc) is 2.76. The fourth-order valence-electron chi connectivity index (χ4n) is 3.16. The molecule has 0 fully saturated rings. The molecule has 0 aliphatic carbocycles. The standard InChI is InChI=1S/C21H31N3O9/c1-10-17(20(31)22-5-14(28)7-25)11(2)19(24-16(30)9-33-13(4)27)12(3)18(10)21(32)23-6-15(29)8-26/h14-15,25-26,28-29H,5-9H2,1-4H3,(H,22,31)(H,23,32)(H,24,30). The van der Waals surface area contributed by atoms with E-state index in [4.69, 9.17) is 10.2 Å². The van der Waals surface area contributed by atoms with Gasteiger partial charge in [0.25, 0.3) is 17.7 Å². The zero-order valence-electron chi connectivity index (χ0n) is 19.0. The summed E-state index contributed by atoms with van der Waals surface area (Å²) in [5.41, 5.74) is 1.18. The summed E-state index contributed by atoms with van der Waals surface area (Å²) in [5, 5.41) is 44.5. The molecule has 0 aliphatic heterocycles. The Hall–Kier alpha value is -3.06. The van der Waals surface area contributed by atoms with Crippen LogP contribution in [-0.2, 0) is 14.3 Å². The van der Waals surface area contributed by atoms with Crippen LogP contribution in [0.15, 0.2) is 0 Å². The number of aliphatic hydroxyl groups is 4. The molecule has 184 valence electrons. The molecule has 1 aromatic rings. The Morgan fingerprint density at radius 1 is 0.818 bits per heavy atom. The Kier molecular flexibility index (Phi) is 10.9. The van der Waals surface area contributed by atoms with E-state index < -0.39 is 55.7 Å². The van der Waals surface area contributed by atoms with Crippen LogP contribution in [0.1, 0.15) is 44.3 Å². The quantitative estimate of drug-likeness (QED) is 0.184. The number of aliphatic hydroxyl groups excluding tert-OH is 4. The molecule has 0 saturated carbocycles. The molecule has 12 heteroatoms. The van der Waals surface area contributed by atoms with Gasteiger partial charge in [-0.2, -0.15) is 0 Å². The molecule has 0 spiro atoms. The van der Waals surface area contributed by atoms with Crippen LogP contribution in [0.5, 0.6) is 0 Å². The Morgan fingerprint density at radius 3 is 1.61 bits per heavy atom. The first kappa shape index (κ1) is 28.0. The van der Waals surface area contributed by atoms with Crippen LogP contribution in [0.25, 0.3) is 0 Å². The molecular weight excluding hydrogens is 438 g/mol. The number of esters is 1. The monoisotopic (exact) mass is 469 g/mol. The van der Waals surface area contributed by atoms with Gasteiger partial charge in [0, 0.05) is 36.8 Å². The minimum atomic E-state index is -1.19. The van der Waals surface area contributed by atoms with E-state index >= 15 is 0 Å². The molecule has 0 heterocycles. The number of anilines is 1. The van der Waals surface area contributed by atoms with Gasteiger partial charge in [0.2, 0.25) is 0 Å². The van der Waals surface area contributed by atoms with E-state index in [1.807, 2.05) is 0 Å². The van der Waals surface area contributed by atoms with Crippen molar-refractivity contribution >= 4 is 29.4 Å². The molecule has 1 rings (SSSR count). The molecule has 1 aromatic carbocycles. The van der Waals surface area contributed by atoms with E-state index in [2.05, 4.69) is 20.7 Å². The lowest BCUT2D eigenvalue weighted by Gasteiger charge is -2.22. The first-order chi connectivity index (χ1) is 15.4. The molecular formula is C21H31N3O9. The lowest BCUT2D eigenvalue weighted by atomic mass is 9.90. The van der Waals surface area contributed by atoms with E-state index in [-0.39, 0.29) is 35.5 Å². The smallest absolute Gasteiger partial charge is 0.303 e. The zero-order valence-corrected chi connectivity index (χ0v) is 19.0. The molecule has 0 aliphatic rings. The Bertz CT molecular complexity index is 848. The summed E-state index contributed by atoms with van der Waals surface area (Å²) in [6.45, 7) is 3.57. The van der Waals surface area contributed by atoms with Gasteiger partial charge in [-0.05, 0) is 37.5 Å². The van der Waals surface area contributed by atoms with Gasteiger partial charge in [0.1, 0.15) is 0 Å². The predicted octanol–water partition coefficient (Wildman–Crippen LogP) is -1.72. The van der Waals surface area contributed by atoms with Crippen molar-refractivity contribution in [1.29, 1.82) is 0 Å². The first-order valence-corrected chi connectivity index (χ1v) is 10.2. The van der Waals surface area contributed by atoms with Gasteiger partial charge in [-0.15, -0.1) is 0 Å². The van der Waals surface area contributed by atoms with Crippen LogP contribution in [0.3, 0.4) is 0 Å². The predicted molar refractivity (Wildman–Crippen MR) is 117 cm³/mol. The number of hydrogen-bond acceptors (Lipinski definition) is 9. The highest BCUT2D eigenvalue weighted by Crippen LogP contribution is 2.31. The zero-order chi connectivity index (χ0) is 25.3. The van der Waals surface area contributed by atoms with Crippen LogP contribution in [0, 0.1) is 20.8 Å². The minimum absolute atomic E-state index is 0.0568. The van der Waals surface area contributed by atoms with Crippen molar-refractivity contribution in [3.63, 3.8) is 0 Å². The highest BCUT2D eigenvalue weighted by Gasteiger charge is 2.26. The van der Waals surface area contributed by atoms with Crippen molar-refractivity contribution in [3.8, 4) is 0 Å². The maximum absolute atomic E-state index is 12.9. The first-order valence-electron chi connectivity index (χ1n) is 10.2. The highest BCUT2D eigenvalue weighted by molar-refractivity contribution is 6.08. The number of rotatable bonds is 11. The largest absolute Gasteiger partial charge is 0.456 e. The van der Waals surface area contributed by atoms with Crippen molar-refractivity contribution in [2.45, 2.75) is 39.9 Å². The van der Waals surface area contributed by atoms with Crippen molar-refractivity contribution in [2.75, 3.05) is 38.2 Å².